The number of hydrogen-bond acceptors (Lipinski definition) is 5. The van der Waals surface area contributed by atoms with Crippen LogP contribution in [-0.2, 0) is 0 Å². The van der Waals surface area contributed by atoms with Crippen molar-refractivity contribution in [3.05, 3.63) is 41.1 Å². The number of nitriles is 1. The highest BCUT2D eigenvalue weighted by atomic mass is 15.2. The van der Waals surface area contributed by atoms with Gasteiger partial charge in [-0.1, -0.05) is 0 Å². The highest BCUT2D eigenvalue weighted by Crippen LogP contribution is 2.23. The summed E-state index contributed by atoms with van der Waals surface area (Å²) in [6.45, 7) is 3.72. The first-order valence-corrected chi connectivity index (χ1v) is 6.31. The van der Waals surface area contributed by atoms with Crippen LogP contribution in [0.1, 0.15) is 16.8 Å². The number of aromatic nitrogens is 2. The molecule has 0 saturated carbocycles. The van der Waals surface area contributed by atoms with E-state index in [2.05, 4.69) is 21.6 Å². The Bertz CT molecular complexity index is 653. The van der Waals surface area contributed by atoms with E-state index in [0.717, 1.165) is 22.6 Å². The number of nitrogens with zero attached hydrogens (tertiary/aromatic N) is 4. The van der Waals surface area contributed by atoms with E-state index in [1.807, 2.05) is 57.1 Å². The molecule has 20 heavy (non-hydrogen) atoms. The molecule has 0 atom stereocenters. The SMILES string of the molecule is Cc1nnc(Nc2ccc(N(C)C)cc2)c(C#N)c1C. The average Bonchev–Trinajstić information content (AvgIpc) is 2.44. The Labute approximate surface area is 118 Å². The van der Waals surface area contributed by atoms with Crippen LogP contribution in [0, 0.1) is 25.2 Å². The molecule has 1 heterocycles. The van der Waals surface area contributed by atoms with Gasteiger partial charge in [-0.05, 0) is 43.7 Å². The third kappa shape index (κ3) is 2.69. The van der Waals surface area contributed by atoms with Gasteiger partial charge in [0.1, 0.15) is 11.6 Å². The van der Waals surface area contributed by atoms with Crippen LogP contribution < -0.4 is 10.2 Å². The molecule has 1 N–H and O–H groups in total. The Morgan fingerprint density at radius 2 is 1.75 bits per heavy atom. The molecule has 0 aliphatic rings. The van der Waals surface area contributed by atoms with Crippen molar-refractivity contribution in [2.75, 3.05) is 24.3 Å². The summed E-state index contributed by atoms with van der Waals surface area (Å²) < 4.78 is 0. The lowest BCUT2D eigenvalue weighted by Gasteiger charge is -2.14. The van der Waals surface area contributed by atoms with E-state index in [0.29, 0.717) is 11.4 Å². The number of anilines is 3. The van der Waals surface area contributed by atoms with Crippen molar-refractivity contribution in [1.82, 2.24) is 10.2 Å². The van der Waals surface area contributed by atoms with E-state index in [1.54, 1.807) is 0 Å². The highest BCUT2D eigenvalue weighted by molar-refractivity contribution is 5.66. The van der Waals surface area contributed by atoms with Crippen LogP contribution in [0.25, 0.3) is 0 Å². The van der Waals surface area contributed by atoms with Crippen molar-refractivity contribution in [3.63, 3.8) is 0 Å². The summed E-state index contributed by atoms with van der Waals surface area (Å²) in [7, 11) is 3.98. The van der Waals surface area contributed by atoms with Crippen LogP contribution in [0.2, 0.25) is 0 Å². The molecule has 0 fully saturated rings. The van der Waals surface area contributed by atoms with Crippen LogP contribution >= 0.6 is 0 Å². The standard InChI is InChI=1S/C15H17N5/c1-10-11(2)18-19-15(14(10)9-16)17-12-5-7-13(8-6-12)20(3)4/h5-8H,1-4H3,(H,17,19). The molecule has 2 rings (SSSR count). The number of benzene rings is 1. The fourth-order valence-corrected chi connectivity index (χ4v) is 1.81. The predicted molar refractivity (Wildman–Crippen MR) is 80.3 cm³/mol. The van der Waals surface area contributed by atoms with Gasteiger partial charge in [-0.25, -0.2) is 0 Å². The summed E-state index contributed by atoms with van der Waals surface area (Å²) in [4.78, 5) is 2.03. The van der Waals surface area contributed by atoms with Crippen molar-refractivity contribution < 1.29 is 0 Å². The summed E-state index contributed by atoms with van der Waals surface area (Å²) in [6, 6.07) is 10.1. The zero-order valence-corrected chi connectivity index (χ0v) is 12.1. The summed E-state index contributed by atoms with van der Waals surface area (Å²) >= 11 is 0. The van der Waals surface area contributed by atoms with Crippen LogP contribution in [0.4, 0.5) is 17.2 Å². The van der Waals surface area contributed by atoms with Crippen molar-refractivity contribution in [1.29, 1.82) is 5.26 Å². The molecule has 0 amide bonds. The molecule has 2 aromatic rings. The molecule has 0 aliphatic heterocycles. The first kappa shape index (κ1) is 13.8. The molecule has 102 valence electrons. The smallest absolute Gasteiger partial charge is 0.171 e. The number of nitrogens with one attached hydrogen (secondary N) is 1. The monoisotopic (exact) mass is 267 g/mol. The van der Waals surface area contributed by atoms with E-state index < -0.39 is 0 Å². The molecular weight excluding hydrogens is 250 g/mol. The molecule has 1 aromatic carbocycles. The average molecular weight is 267 g/mol. The van der Waals surface area contributed by atoms with Gasteiger partial charge in [0.2, 0.25) is 0 Å². The first-order valence-electron chi connectivity index (χ1n) is 6.31. The first-order chi connectivity index (χ1) is 9.52. The zero-order valence-electron chi connectivity index (χ0n) is 12.1. The third-order valence-corrected chi connectivity index (χ3v) is 3.21. The molecule has 5 nitrogen and oxygen atoms in total. The number of rotatable bonds is 3. The molecule has 0 bridgehead atoms. The maximum absolute atomic E-state index is 9.25. The summed E-state index contributed by atoms with van der Waals surface area (Å²) in [5.74, 6) is 0.494. The fourth-order valence-electron chi connectivity index (χ4n) is 1.81. The fraction of sp³-hybridized carbons (Fsp3) is 0.267. The normalized spacial score (nSPS) is 9.95. The van der Waals surface area contributed by atoms with Gasteiger partial charge in [0.25, 0.3) is 0 Å². The Kier molecular flexibility index (Phi) is 3.85. The van der Waals surface area contributed by atoms with Crippen molar-refractivity contribution >= 4 is 17.2 Å². The maximum Gasteiger partial charge on any atom is 0.171 e. The van der Waals surface area contributed by atoms with E-state index in [1.165, 1.54) is 0 Å². The molecule has 0 spiro atoms. The van der Waals surface area contributed by atoms with Gasteiger partial charge in [0.15, 0.2) is 5.82 Å². The summed E-state index contributed by atoms with van der Waals surface area (Å²) in [5.41, 5.74) is 4.16. The quantitative estimate of drug-likeness (QED) is 0.926. The predicted octanol–water partition coefficient (Wildman–Crippen LogP) is 2.77. The van der Waals surface area contributed by atoms with Gasteiger partial charge in [-0.3, -0.25) is 0 Å². The zero-order chi connectivity index (χ0) is 14.7. The molecule has 0 aliphatic carbocycles. The Morgan fingerprint density at radius 1 is 1.10 bits per heavy atom. The van der Waals surface area contributed by atoms with Gasteiger partial charge in [-0.2, -0.15) is 10.4 Å². The van der Waals surface area contributed by atoms with Crippen LogP contribution in [0.15, 0.2) is 24.3 Å². The minimum Gasteiger partial charge on any atom is -0.378 e. The van der Waals surface area contributed by atoms with Crippen LogP contribution in [0.5, 0.6) is 0 Å². The highest BCUT2D eigenvalue weighted by Gasteiger charge is 2.10. The van der Waals surface area contributed by atoms with Gasteiger partial charge in [0.05, 0.1) is 5.69 Å². The minimum absolute atomic E-state index is 0.494. The number of hydrogen-bond donors (Lipinski definition) is 1. The Morgan fingerprint density at radius 3 is 2.30 bits per heavy atom. The van der Waals surface area contributed by atoms with Gasteiger partial charge in [-0.15, -0.1) is 5.10 Å². The Balaban J connectivity index is 2.31. The molecule has 0 radical (unpaired) electrons. The second kappa shape index (κ2) is 5.57. The lowest BCUT2D eigenvalue weighted by molar-refractivity contribution is 0.960. The van der Waals surface area contributed by atoms with Crippen molar-refractivity contribution in [2.45, 2.75) is 13.8 Å². The molecule has 5 heteroatoms. The van der Waals surface area contributed by atoms with Gasteiger partial charge >= 0.3 is 0 Å². The van der Waals surface area contributed by atoms with E-state index in [-0.39, 0.29) is 0 Å². The van der Waals surface area contributed by atoms with E-state index in [4.69, 9.17) is 0 Å². The minimum atomic E-state index is 0.494. The molecule has 0 unspecified atom stereocenters. The maximum atomic E-state index is 9.25. The lowest BCUT2D eigenvalue weighted by Crippen LogP contribution is -2.08. The summed E-state index contributed by atoms with van der Waals surface area (Å²) in [5, 5.41) is 20.5. The van der Waals surface area contributed by atoms with Crippen LogP contribution in [-0.4, -0.2) is 24.3 Å². The third-order valence-electron chi connectivity index (χ3n) is 3.21. The second-order valence-corrected chi connectivity index (χ2v) is 4.81. The number of aryl methyl sites for hydroxylation is 1. The largest absolute Gasteiger partial charge is 0.378 e. The molecule has 0 saturated heterocycles. The molecule has 1 aromatic heterocycles. The van der Waals surface area contributed by atoms with E-state index in [9.17, 15) is 5.26 Å². The topological polar surface area (TPSA) is 64.8 Å². The van der Waals surface area contributed by atoms with Crippen molar-refractivity contribution in [3.8, 4) is 6.07 Å². The van der Waals surface area contributed by atoms with Gasteiger partial charge in [0, 0.05) is 25.5 Å². The lowest BCUT2D eigenvalue weighted by atomic mass is 10.1. The molecular formula is C15H17N5. The van der Waals surface area contributed by atoms with Crippen molar-refractivity contribution in [2.24, 2.45) is 0 Å². The summed E-state index contributed by atoms with van der Waals surface area (Å²) in [6.07, 6.45) is 0. The second-order valence-electron chi connectivity index (χ2n) is 4.81. The van der Waals surface area contributed by atoms with Gasteiger partial charge < -0.3 is 10.2 Å². The van der Waals surface area contributed by atoms with Crippen LogP contribution in [0.3, 0.4) is 0 Å². The Hall–Kier alpha value is -2.61. The van der Waals surface area contributed by atoms with E-state index >= 15 is 0 Å².